The Balaban J connectivity index is 2.72. The maximum atomic E-state index is 12.5. The lowest BCUT2D eigenvalue weighted by Crippen LogP contribution is -2.09. The van der Waals surface area contributed by atoms with E-state index in [1.807, 2.05) is 80.6 Å². The second-order valence-corrected chi connectivity index (χ2v) is 7.19. The summed E-state index contributed by atoms with van der Waals surface area (Å²) >= 11 is 0. The van der Waals surface area contributed by atoms with E-state index < -0.39 is 5.97 Å². The number of methoxy groups -OCH3 is 1. The third kappa shape index (κ3) is 6.52. The first-order chi connectivity index (χ1) is 16.5. The minimum atomic E-state index is -0.641. The smallest absolute Gasteiger partial charge is 0.350 e. The van der Waals surface area contributed by atoms with Crippen molar-refractivity contribution >= 4 is 22.9 Å². The van der Waals surface area contributed by atoms with Crippen LogP contribution in [0.5, 0.6) is 0 Å². The average Bonchev–Trinajstić information content (AvgIpc) is 2.88. The number of hydrogen-bond acceptors (Lipinski definition) is 3. The Hall–Kier alpha value is -4.47. The molecule has 0 aromatic heterocycles. The van der Waals surface area contributed by atoms with Crippen LogP contribution in [-0.2, 0) is 20.9 Å². The lowest BCUT2D eigenvalue weighted by Gasteiger charge is -2.18. The van der Waals surface area contributed by atoms with Gasteiger partial charge >= 0.3 is 5.97 Å². The minimum Gasteiger partial charge on any atom is -0.487 e. The third-order valence-electron chi connectivity index (χ3n) is 5.09. The number of rotatable bonds is 9. The van der Waals surface area contributed by atoms with Gasteiger partial charge in [0.05, 0.1) is 7.11 Å². The summed E-state index contributed by atoms with van der Waals surface area (Å²) in [5.41, 5.74) is 4.98. The quantitative estimate of drug-likeness (QED) is 0.142. The molecule has 0 aliphatic rings. The summed E-state index contributed by atoms with van der Waals surface area (Å²) in [6, 6.07) is 15.4. The number of esters is 1. The Bertz CT molecular complexity index is 1240. The van der Waals surface area contributed by atoms with Gasteiger partial charge in [0.1, 0.15) is 6.61 Å². The molecule has 0 saturated carbocycles. The first-order valence-electron chi connectivity index (χ1n) is 10.7. The van der Waals surface area contributed by atoms with Crippen LogP contribution in [0.25, 0.3) is 16.9 Å². The van der Waals surface area contributed by atoms with Gasteiger partial charge in [0.2, 0.25) is 0 Å². The number of allylic oxidation sites excluding steroid dienone is 7. The Morgan fingerprint density at radius 3 is 2.38 bits per heavy atom. The summed E-state index contributed by atoms with van der Waals surface area (Å²) in [7, 11) is 1.29. The highest BCUT2D eigenvalue weighted by molar-refractivity contribution is 6.02. The number of carbonyl (C=O) groups excluding carboxylic acids is 1. The lowest BCUT2D eigenvalue weighted by atomic mass is 9.92. The minimum absolute atomic E-state index is 0.0120. The van der Waals surface area contributed by atoms with E-state index in [1.165, 1.54) is 7.11 Å². The van der Waals surface area contributed by atoms with Gasteiger partial charge in [-0.15, -0.1) is 12.8 Å². The molecule has 170 valence electrons. The molecule has 0 N–H and O–H groups in total. The summed E-state index contributed by atoms with van der Waals surface area (Å²) < 4.78 is 11.1. The summed E-state index contributed by atoms with van der Waals surface area (Å²) in [5, 5.41) is 0. The van der Waals surface area contributed by atoms with Crippen molar-refractivity contribution in [1.82, 2.24) is 0 Å². The van der Waals surface area contributed by atoms with E-state index in [9.17, 15) is 4.79 Å². The summed E-state index contributed by atoms with van der Waals surface area (Å²) in [4.78, 5) is 12.5. The van der Waals surface area contributed by atoms with Gasteiger partial charge in [-0.2, -0.15) is 0 Å². The Labute approximate surface area is 202 Å². The summed E-state index contributed by atoms with van der Waals surface area (Å²) in [6.45, 7) is 7.82. The van der Waals surface area contributed by atoms with Crippen LogP contribution >= 0.6 is 0 Å². The van der Waals surface area contributed by atoms with Crippen molar-refractivity contribution in [2.75, 3.05) is 7.11 Å². The van der Waals surface area contributed by atoms with E-state index in [-0.39, 0.29) is 17.9 Å². The molecule has 34 heavy (non-hydrogen) atoms. The van der Waals surface area contributed by atoms with E-state index in [1.54, 1.807) is 12.2 Å². The Morgan fingerprint density at radius 2 is 1.79 bits per heavy atom. The molecule has 0 bridgehead atoms. The molecule has 0 saturated heterocycles. The highest BCUT2D eigenvalue weighted by Gasteiger charge is 2.21. The second-order valence-electron chi connectivity index (χ2n) is 7.19. The van der Waals surface area contributed by atoms with E-state index in [0.29, 0.717) is 11.1 Å². The SMILES string of the molecule is C#C/C(=C\C=C/C=C)c1ccc(/C(OCc2ccccc2)=C(\C#C)C(=O)OC)c(/C(C)=C\C)c1. The molecule has 0 unspecified atom stereocenters. The molecular formula is C31H28O3. The largest absolute Gasteiger partial charge is 0.487 e. The highest BCUT2D eigenvalue weighted by atomic mass is 16.5. The van der Waals surface area contributed by atoms with Crippen LogP contribution in [-0.4, -0.2) is 13.1 Å². The second kappa shape index (κ2) is 13.2. The normalized spacial score (nSPS) is 12.4. The average molecular weight is 449 g/mol. The van der Waals surface area contributed by atoms with Crippen molar-refractivity contribution in [3.05, 3.63) is 113 Å². The number of hydrogen-bond donors (Lipinski definition) is 0. The molecule has 2 rings (SSSR count). The van der Waals surface area contributed by atoms with Gasteiger partial charge in [-0.25, -0.2) is 4.79 Å². The predicted octanol–water partition coefficient (Wildman–Crippen LogP) is 6.60. The Kier molecular flexibility index (Phi) is 9.98. The zero-order valence-electron chi connectivity index (χ0n) is 19.8. The summed E-state index contributed by atoms with van der Waals surface area (Å²) in [5.74, 6) is 4.81. The topological polar surface area (TPSA) is 35.5 Å². The fraction of sp³-hybridized carbons (Fsp3) is 0.129. The lowest BCUT2D eigenvalue weighted by molar-refractivity contribution is -0.135. The molecule has 2 aromatic carbocycles. The molecule has 0 amide bonds. The number of ether oxygens (including phenoxy) is 2. The van der Waals surface area contributed by atoms with Crippen LogP contribution in [0, 0.1) is 24.7 Å². The standard InChI is InChI=1S/C31H28O3/c1-7-11-13-18-25(9-3)26-19-20-28(29(21-26)23(5)8-2)30(27(10-4)31(32)33-6)34-22-24-16-14-12-15-17-24/h3-4,7-8,11-21H,1,22H2,2,5-6H3/b13-11-,23-8-,25-18+,30-27-. The fourth-order valence-electron chi connectivity index (χ4n) is 3.18. The van der Waals surface area contributed by atoms with Crippen LogP contribution in [0.15, 0.2) is 91.1 Å². The van der Waals surface area contributed by atoms with E-state index in [4.69, 9.17) is 22.3 Å². The first kappa shape index (κ1) is 25.8. The van der Waals surface area contributed by atoms with Gasteiger partial charge in [0, 0.05) is 11.1 Å². The van der Waals surface area contributed by atoms with Crippen LogP contribution in [0.1, 0.15) is 36.1 Å². The number of benzene rings is 2. The van der Waals surface area contributed by atoms with Gasteiger partial charge in [-0.1, -0.05) is 79.1 Å². The fourth-order valence-corrected chi connectivity index (χ4v) is 3.18. The van der Waals surface area contributed by atoms with Crippen molar-refractivity contribution in [3.63, 3.8) is 0 Å². The molecular weight excluding hydrogens is 420 g/mol. The molecule has 3 nitrogen and oxygen atoms in total. The van der Waals surface area contributed by atoms with Crippen LogP contribution in [0.3, 0.4) is 0 Å². The number of terminal acetylenes is 2. The van der Waals surface area contributed by atoms with E-state index in [2.05, 4.69) is 18.4 Å². The van der Waals surface area contributed by atoms with Crippen LogP contribution < -0.4 is 0 Å². The van der Waals surface area contributed by atoms with E-state index in [0.717, 1.165) is 22.3 Å². The van der Waals surface area contributed by atoms with Crippen molar-refractivity contribution in [2.45, 2.75) is 20.5 Å². The molecule has 0 fully saturated rings. The molecule has 0 atom stereocenters. The number of carbonyl (C=O) groups is 1. The molecule has 0 spiro atoms. The zero-order chi connectivity index (χ0) is 24.9. The molecule has 0 heterocycles. The maximum Gasteiger partial charge on any atom is 0.350 e. The first-order valence-corrected chi connectivity index (χ1v) is 10.7. The molecule has 3 heteroatoms. The van der Waals surface area contributed by atoms with Crippen LogP contribution in [0.2, 0.25) is 0 Å². The van der Waals surface area contributed by atoms with E-state index >= 15 is 0 Å². The van der Waals surface area contributed by atoms with Gasteiger partial charge in [0.15, 0.2) is 11.3 Å². The van der Waals surface area contributed by atoms with Crippen LogP contribution in [0.4, 0.5) is 0 Å². The molecule has 0 aliphatic heterocycles. The molecule has 0 aliphatic carbocycles. The maximum absolute atomic E-state index is 12.5. The monoisotopic (exact) mass is 448 g/mol. The zero-order valence-corrected chi connectivity index (χ0v) is 19.8. The Morgan fingerprint density at radius 1 is 1.06 bits per heavy atom. The van der Waals surface area contributed by atoms with Crippen molar-refractivity contribution in [2.24, 2.45) is 0 Å². The third-order valence-corrected chi connectivity index (χ3v) is 5.09. The highest BCUT2D eigenvalue weighted by Crippen LogP contribution is 2.32. The van der Waals surface area contributed by atoms with Crippen molar-refractivity contribution in [3.8, 4) is 24.7 Å². The predicted molar refractivity (Wildman–Crippen MR) is 141 cm³/mol. The van der Waals surface area contributed by atoms with Gasteiger partial charge in [-0.3, -0.25) is 0 Å². The molecule has 2 aromatic rings. The molecule has 0 radical (unpaired) electrons. The summed E-state index contributed by atoms with van der Waals surface area (Å²) in [6.07, 6.45) is 20.6. The van der Waals surface area contributed by atoms with Gasteiger partial charge < -0.3 is 9.47 Å². The van der Waals surface area contributed by atoms with Gasteiger partial charge in [0.25, 0.3) is 0 Å². The van der Waals surface area contributed by atoms with Crippen molar-refractivity contribution < 1.29 is 14.3 Å². The van der Waals surface area contributed by atoms with Gasteiger partial charge in [-0.05, 0) is 54.3 Å². The van der Waals surface area contributed by atoms with Crippen molar-refractivity contribution in [1.29, 1.82) is 0 Å².